The second kappa shape index (κ2) is 7.66. The fraction of sp³-hybridized carbons (Fsp3) is 0.600. The monoisotopic (exact) mass is 406 g/mol. The van der Waals surface area contributed by atoms with E-state index in [0.29, 0.717) is 6.10 Å². The van der Waals surface area contributed by atoms with Crippen molar-refractivity contribution in [2.45, 2.75) is 36.6 Å². The molecule has 0 radical (unpaired) electrons. The lowest BCUT2D eigenvalue weighted by Crippen LogP contribution is -2.06. The summed E-state index contributed by atoms with van der Waals surface area (Å²) in [7, 11) is 3.36. The zero-order valence-electron chi connectivity index (χ0n) is 11.8. The van der Waals surface area contributed by atoms with Gasteiger partial charge in [0.2, 0.25) is 0 Å². The maximum atomic E-state index is 5.68. The third-order valence-electron chi connectivity index (χ3n) is 3.61. The van der Waals surface area contributed by atoms with Crippen molar-refractivity contribution in [1.29, 1.82) is 0 Å². The van der Waals surface area contributed by atoms with Gasteiger partial charge in [-0.05, 0) is 53.7 Å². The first-order valence-corrected chi connectivity index (χ1v) is 8.53. The van der Waals surface area contributed by atoms with E-state index in [9.17, 15) is 0 Å². The molecule has 1 saturated heterocycles. The summed E-state index contributed by atoms with van der Waals surface area (Å²) in [6.45, 7) is 0.910. The highest BCUT2D eigenvalue weighted by Crippen LogP contribution is 2.41. The van der Waals surface area contributed by atoms with Crippen molar-refractivity contribution in [3.05, 3.63) is 22.2 Å². The van der Waals surface area contributed by atoms with Crippen LogP contribution in [0.25, 0.3) is 0 Å². The summed E-state index contributed by atoms with van der Waals surface area (Å²) in [6.07, 6.45) is 4.87. The third kappa shape index (κ3) is 3.89. The molecule has 1 aromatic carbocycles. The Kier molecular flexibility index (Phi) is 6.18. The van der Waals surface area contributed by atoms with Crippen LogP contribution in [0.5, 0.6) is 11.5 Å². The van der Waals surface area contributed by atoms with Crippen LogP contribution in [-0.4, -0.2) is 26.9 Å². The SMILES string of the molecule is COc1cc(C(Br)CCC2CCCO2)c(OC)cc1Br. The summed E-state index contributed by atoms with van der Waals surface area (Å²) >= 11 is 7.25. The van der Waals surface area contributed by atoms with Crippen LogP contribution in [0.3, 0.4) is 0 Å². The van der Waals surface area contributed by atoms with E-state index in [2.05, 4.69) is 31.9 Å². The lowest BCUT2D eigenvalue weighted by molar-refractivity contribution is 0.102. The Hall–Kier alpha value is -0.260. The van der Waals surface area contributed by atoms with E-state index in [-0.39, 0.29) is 4.83 Å². The van der Waals surface area contributed by atoms with Crippen molar-refractivity contribution in [2.24, 2.45) is 0 Å². The standard InChI is InChI=1S/C15H20Br2O3/c1-18-14-9-13(17)15(19-2)8-11(14)12(16)6-5-10-4-3-7-20-10/h8-10,12H,3-7H2,1-2H3. The zero-order chi connectivity index (χ0) is 14.5. The summed E-state index contributed by atoms with van der Waals surface area (Å²) in [4.78, 5) is 0.239. The third-order valence-corrected chi connectivity index (χ3v) is 5.18. The Balaban J connectivity index is 2.08. The maximum Gasteiger partial charge on any atom is 0.133 e. The number of hydrogen-bond donors (Lipinski definition) is 0. The van der Waals surface area contributed by atoms with Crippen LogP contribution in [0.2, 0.25) is 0 Å². The van der Waals surface area contributed by atoms with E-state index in [4.69, 9.17) is 14.2 Å². The van der Waals surface area contributed by atoms with Gasteiger partial charge in [-0.3, -0.25) is 0 Å². The fourth-order valence-electron chi connectivity index (χ4n) is 2.49. The van der Waals surface area contributed by atoms with Crippen LogP contribution >= 0.6 is 31.9 Å². The molecular weight excluding hydrogens is 388 g/mol. The lowest BCUT2D eigenvalue weighted by Gasteiger charge is -2.18. The minimum atomic E-state index is 0.239. The molecule has 0 saturated carbocycles. The molecular formula is C15H20Br2O3. The van der Waals surface area contributed by atoms with Gasteiger partial charge in [-0.1, -0.05) is 15.9 Å². The molecule has 0 aromatic heterocycles. The Morgan fingerprint density at radius 1 is 1.30 bits per heavy atom. The van der Waals surface area contributed by atoms with Gasteiger partial charge in [0, 0.05) is 17.0 Å². The van der Waals surface area contributed by atoms with Gasteiger partial charge >= 0.3 is 0 Å². The summed E-state index contributed by atoms with van der Waals surface area (Å²) in [5, 5.41) is 0. The number of rotatable bonds is 6. The van der Waals surface area contributed by atoms with Gasteiger partial charge in [0.25, 0.3) is 0 Å². The fourth-order valence-corrected chi connectivity index (χ4v) is 3.59. The van der Waals surface area contributed by atoms with Crippen molar-refractivity contribution >= 4 is 31.9 Å². The van der Waals surface area contributed by atoms with Crippen molar-refractivity contribution in [2.75, 3.05) is 20.8 Å². The molecule has 0 spiro atoms. The molecule has 1 fully saturated rings. The van der Waals surface area contributed by atoms with Crippen LogP contribution in [0.15, 0.2) is 16.6 Å². The second-order valence-electron chi connectivity index (χ2n) is 4.91. The van der Waals surface area contributed by atoms with Crippen LogP contribution in [0.1, 0.15) is 36.1 Å². The first kappa shape index (κ1) is 16.1. The summed E-state index contributed by atoms with van der Waals surface area (Å²) in [5.74, 6) is 1.69. The van der Waals surface area contributed by atoms with Gasteiger partial charge in [-0.2, -0.15) is 0 Å². The average Bonchev–Trinajstić information content (AvgIpc) is 2.97. The van der Waals surface area contributed by atoms with Crippen molar-refractivity contribution < 1.29 is 14.2 Å². The summed E-state index contributed by atoms with van der Waals surface area (Å²) < 4.78 is 17.4. The van der Waals surface area contributed by atoms with Gasteiger partial charge < -0.3 is 14.2 Å². The van der Waals surface area contributed by atoms with Crippen molar-refractivity contribution in [1.82, 2.24) is 0 Å². The smallest absolute Gasteiger partial charge is 0.133 e. The maximum absolute atomic E-state index is 5.68. The number of hydrogen-bond acceptors (Lipinski definition) is 3. The molecule has 0 amide bonds. The molecule has 0 aliphatic carbocycles. The average molecular weight is 408 g/mol. The molecule has 0 bridgehead atoms. The molecule has 2 rings (SSSR count). The Morgan fingerprint density at radius 2 is 2.05 bits per heavy atom. The number of benzene rings is 1. The van der Waals surface area contributed by atoms with Crippen LogP contribution in [0.4, 0.5) is 0 Å². The van der Waals surface area contributed by atoms with Crippen molar-refractivity contribution in [3.63, 3.8) is 0 Å². The molecule has 1 aliphatic heterocycles. The largest absolute Gasteiger partial charge is 0.496 e. The van der Waals surface area contributed by atoms with Gasteiger partial charge in [0.1, 0.15) is 11.5 Å². The van der Waals surface area contributed by atoms with E-state index in [1.807, 2.05) is 12.1 Å². The first-order valence-electron chi connectivity index (χ1n) is 6.82. The molecule has 1 aliphatic rings. The Labute approximate surface area is 137 Å². The highest BCUT2D eigenvalue weighted by Gasteiger charge is 2.20. The van der Waals surface area contributed by atoms with E-state index < -0.39 is 0 Å². The zero-order valence-corrected chi connectivity index (χ0v) is 15.0. The minimum Gasteiger partial charge on any atom is -0.496 e. The predicted molar refractivity (Wildman–Crippen MR) is 87.1 cm³/mol. The topological polar surface area (TPSA) is 27.7 Å². The Bertz CT molecular complexity index is 445. The summed E-state index contributed by atoms with van der Waals surface area (Å²) in [5.41, 5.74) is 1.12. The number of methoxy groups -OCH3 is 2. The Morgan fingerprint density at radius 3 is 2.65 bits per heavy atom. The molecule has 1 aromatic rings. The molecule has 2 atom stereocenters. The predicted octanol–water partition coefficient (Wildman–Crippen LogP) is 4.86. The summed E-state index contributed by atoms with van der Waals surface area (Å²) in [6, 6.07) is 3.98. The van der Waals surface area contributed by atoms with Gasteiger partial charge in [0.15, 0.2) is 0 Å². The van der Waals surface area contributed by atoms with Crippen LogP contribution in [-0.2, 0) is 4.74 Å². The molecule has 3 nitrogen and oxygen atoms in total. The van der Waals surface area contributed by atoms with Gasteiger partial charge in [-0.25, -0.2) is 0 Å². The molecule has 0 N–H and O–H groups in total. The molecule has 20 heavy (non-hydrogen) atoms. The molecule has 5 heteroatoms. The van der Waals surface area contributed by atoms with Crippen LogP contribution < -0.4 is 9.47 Å². The van der Waals surface area contributed by atoms with Gasteiger partial charge in [-0.15, -0.1) is 0 Å². The van der Waals surface area contributed by atoms with Crippen LogP contribution in [0, 0.1) is 0 Å². The first-order chi connectivity index (χ1) is 9.65. The number of ether oxygens (including phenoxy) is 3. The quantitative estimate of drug-likeness (QED) is 0.630. The highest BCUT2D eigenvalue weighted by molar-refractivity contribution is 9.10. The highest BCUT2D eigenvalue weighted by atomic mass is 79.9. The van der Waals surface area contributed by atoms with E-state index in [1.165, 1.54) is 12.8 Å². The van der Waals surface area contributed by atoms with E-state index in [0.717, 1.165) is 41.0 Å². The molecule has 1 heterocycles. The van der Waals surface area contributed by atoms with E-state index >= 15 is 0 Å². The molecule has 2 unspecified atom stereocenters. The van der Waals surface area contributed by atoms with Crippen molar-refractivity contribution in [3.8, 4) is 11.5 Å². The lowest BCUT2D eigenvalue weighted by atomic mass is 10.0. The van der Waals surface area contributed by atoms with E-state index in [1.54, 1.807) is 14.2 Å². The molecule has 112 valence electrons. The second-order valence-corrected chi connectivity index (χ2v) is 6.87. The number of alkyl halides is 1. The normalized spacial score (nSPS) is 19.9. The number of halogens is 2. The minimum absolute atomic E-state index is 0.239. The van der Waals surface area contributed by atoms with Gasteiger partial charge in [0.05, 0.1) is 24.8 Å².